The van der Waals surface area contributed by atoms with Gasteiger partial charge in [-0.1, -0.05) is 53.6 Å². The van der Waals surface area contributed by atoms with Crippen LogP contribution in [0.2, 0.25) is 0 Å². The number of rotatable bonds is 7. The lowest BCUT2D eigenvalue weighted by Crippen LogP contribution is -2.38. The second-order valence-electron chi connectivity index (χ2n) is 11.3. The van der Waals surface area contributed by atoms with Crippen molar-refractivity contribution in [2.24, 2.45) is 5.92 Å². The summed E-state index contributed by atoms with van der Waals surface area (Å²) >= 11 is 0. The van der Waals surface area contributed by atoms with E-state index in [0.717, 1.165) is 30.5 Å². The van der Waals surface area contributed by atoms with Crippen LogP contribution in [0.4, 0.5) is 13.2 Å². The molecule has 1 aliphatic heterocycles. The van der Waals surface area contributed by atoms with Gasteiger partial charge >= 0.3 is 12.1 Å². The lowest BCUT2D eigenvalue weighted by molar-refractivity contribution is -0.158. The van der Waals surface area contributed by atoms with Crippen LogP contribution < -0.4 is 5.32 Å². The fourth-order valence-electron chi connectivity index (χ4n) is 6.11. The van der Waals surface area contributed by atoms with Crippen molar-refractivity contribution in [3.63, 3.8) is 0 Å². The number of nitrogens with zero attached hydrogens (tertiary/aromatic N) is 2. The van der Waals surface area contributed by atoms with Crippen LogP contribution in [-0.4, -0.2) is 41.1 Å². The Bertz CT molecular complexity index is 1640. The summed E-state index contributed by atoms with van der Waals surface area (Å²) in [6.07, 6.45) is -1.96. The molecule has 2 aromatic carbocycles. The van der Waals surface area contributed by atoms with Gasteiger partial charge in [0, 0.05) is 23.2 Å². The van der Waals surface area contributed by atoms with Crippen LogP contribution in [0.3, 0.4) is 0 Å². The second-order valence-corrected chi connectivity index (χ2v) is 11.3. The first kappa shape index (κ1) is 29.1. The SMILES string of the molecule is CC[C@@](O)(COC(=O)[C@H]1CCCNC1)c1cc2c(cc1C)-c1noc(-c3noc(-c4ccccc4)c3C(F)(F)F)c1CC2. The topological polar surface area (TPSA) is 111 Å². The Morgan fingerprint density at radius 3 is 2.53 bits per heavy atom. The highest BCUT2D eigenvalue weighted by Gasteiger charge is 2.43. The third-order valence-electron chi connectivity index (χ3n) is 8.53. The average molecular weight is 596 g/mol. The lowest BCUT2D eigenvalue weighted by Gasteiger charge is -2.31. The van der Waals surface area contributed by atoms with Gasteiger partial charge in [0.25, 0.3) is 0 Å². The van der Waals surface area contributed by atoms with E-state index in [-0.39, 0.29) is 35.6 Å². The Balaban J connectivity index is 1.32. The maximum absolute atomic E-state index is 14.3. The molecule has 2 N–H and O–H groups in total. The number of hydrogen-bond acceptors (Lipinski definition) is 8. The molecule has 1 saturated heterocycles. The van der Waals surface area contributed by atoms with Crippen molar-refractivity contribution in [3.8, 4) is 34.0 Å². The second kappa shape index (κ2) is 11.3. The molecule has 0 saturated carbocycles. The number of benzene rings is 2. The number of fused-ring (bicyclic) bond motifs is 3. The summed E-state index contributed by atoms with van der Waals surface area (Å²) in [5.74, 6) is -1.01. The number of aryl methyl sites for hydroxylation is 2. The zero-order chi connectivity index (χ0) is 30.4. The Morgan fingerprint density at radius 2 is 1.84 bits per heavy atom. The minimum atomic E-state index is -4.75. The number of piperidine rings is 1. The standard InChI is InChI=1S/C32H32F3N3O5/c1-3-31(40,17-41-30(39)21-10-7-13-36-16-21)24-15-20-11-12-22-26(23(20)14-18(24)2)37-43-29(22)27-25(32(33,34)35)28(42-38-27)19-8-5-4-6-9-19/h4-6,8-9,14-15,21,36,40H,3,7,10-13,16-17H2,1-2H3/t21-,31+/m0/s1. The molecule has 1 fully saturated rings. The van der Waals surface area contributed by atoms with Gasteiger partial charge in [-0.2, -0.15) is 13.2 Å². The monoisotopic (exact) mass is 595 g/mol. The van der Waals surface area contributed by atoms with Crippen molar-refractivity contribution >= 4 is 5.97 Å². The zero-order valence-electron chi connectivity index (χ0n) is 23.9. The highest BCUT2D eigenvalue weighted by Crippen LogP contribution is 2.47. The van der Waals surface area contributed by atoms with Crippen LogP contribution in [0, 0.1) is 12.8 Å². The van der Waals surface area contributed by atoms with Crippen LogP contribution in [-0.2, 0) is 34.2 Å². The number of nitrogens with one attached hydrogen (secondary N) is 1. The molecule has 6 rings (SSSR count). The Kier molecular flexibility index (Phi) is 7.64. The van der Waals surface area contributed by atoms with Crippen LogP contribution in [0.5, 0.6) is 0 Å². The van der Waals surface area contributed by atoms with Gasteiger partial charge in [0.05, 0.1) is 5.92 Å². The number of carbonyl (C=O) groups is 1. The van der Waals surface area contributed by atoms with Crippen LogP contribution in [0.25, 0.3) is 34.0 Å². The number of alkyl halides is 3. The molecule has 0 bridgehead atoms. The molecule has 0 radical (unpaired) electrons. The van der Waals surface area contributed by atoms with E-state index in [2.05, 4.69) is 15.6 Å². The van der Waals surface area contributed by atoms with Gasteiger partial charge in [0.15, 0.2) is 17.2 Å². The smallest absolute Gasteiger partial charge is 0.422 e. The Labute approximate surface area is 246 Å². The number of carbonyl (C=O) groups excluding carboxylic acids is 1. The largest absolute Gasteiger partial charge is 0.462 e. The quantitative estimate of drug-likeness (QED) is 0.242. The van der Waals surface area contributed by atoms with E-state index in [9.17, 15) is 23.1 Å². The van der Waals surface area contributed by atoms with Crippen LogP contribution in [0.15, 0.2) is 51.5 Å². The van der Waals surface area contributed by atoms with Gasteiger partial charge in [-0.05, 0) is 68.3 Å². The first-order chi connectivity index (χ1) is 20.6. The van der Waals surface area contributed by atoms with E-state index in [1.165, 1.54) is 12.1 Å². The number of ether oxygens (including phenoxy) is 1. The van der Waals surface area contributed by atoms with E-state index >= 15 is 0 Å². The van der Waals surface area contributed by atoms with Crippen molar-refractivity contribution in [2.75, 3.05) is 19.7 Å². The van der Waals surface area contributed by atoms with E-state index in [1.807, 2.05) is 26.0 Å². The number of aliphatic hydroxyl groups is 1. The molecular formula is C32H32F3N3O5. The summed E-state index contributed by atoms with van der Waals surface area (Å²) in [5.41, 5.74) is 1.29. The van der Waals surface area contributed by atoms with Gasteiger partial charge in [-0.3, -0.25) is 4.79 Å². The van der Waals surface area contributed by atoms with E-state index in [4.69, 9.17) is 13.8 Å². The summed E-state index contributed by atoms with van der Waals surface area (Å²) < 4.78 is 59.4. The summed E-state index contributed by atoms with van der Waals surface area (Å²) in [6.45, 7) is 4.94. The molecule has 43 heavy (non-hydrogen) atoms. The average Bonchev–Trinajstić information content (AvgIpc) is 3.65. The number of aromatic nitrogens is 2. The van der Waals surface area contributed by atoms with Gasteiger partial charge in [0.2, 0.25) is 0 Å². The molecule has 2 atom stereocenters. The summed E-state index contributed by atoms with van der Waals surface area (Å²) in [7, 11) is 0. The zero-order valence-corrected chi connectivity index (χ0v) is 23.9. The normalized spacial score (nSPS) is 18.0. The lowest BCUT2D eigenvalue weighted by atomic mass is 9.81. The highest BCUT2D eigenvalue weighted by molar-refractivity contribution is 5.80. The molecule has 2 aliphatic rings. The number of halogens is 3. The minimum Gasteiger partial charge on any atom is -0.462 e. The van der Waals surface area contributed by atoms with Crippen molar-refractivity contribution < 1.29 is 36.9 Å². The van der Waals surface area contributed by atoms with Gasteiger partial charge in [-0.25, -0.2) is 0 Å². The van der Waals surface area contributed by atoms with Crippen molar-refractivity contribution in [1.29, 1.82) is 0 Å². The molecule has 0 amide bonds. The predicted molar refractivity (Wildman–Crippen MR) is 151 cm³/mol. The maximum Gasteiger partial charge on any atom is 0.422 e. The van der Waals surface area contributed by atoms with E-state index in [0.29, 0.717) is 48.2 Å². The predicted octanol–water partition coefficient (Wildman–Crippen LogP) is 6.23. The third-order valence-corrected chi connectivity index (χ3v) is 8.53. The molecule has 1 aliphatic carbocycles. The van der Waals surface area contributed by atoms with Crippen molar-refractivity contribution in [3.05, 3.63) is 70.3 Å². The molecule has 3 heterocycles. The van der Waals surface area contributed by atoms with E-state index in [1.54, 1.807) is 18.2 Å². The van der Waals surface area contributed by atoms with Gasteiger partial charge in [-0.15, -0.1) is 0 Å². The number of hydrogen-bond donors (Lipinski definition) is 2. The Morgan fingerprint density at radius 1 is 1.09 bits per heavy atom. The molecule has 226 valence electrons. The molecule has 8 nitrogen and oxygen atoms in total. The molecule has 4 aromatic rings. The molecule has 2 aromatic heterocycles. The molecule has 11 heteroatoms. The first-order valence-electron chi connectivity index (χ1n) is 14.5. The molecule has 0 unspecified atom stereocenters. The fraction of sp³-hybridized carbons (Fsp3) is 0.406. The Hall–Kier alpha value is -3.96. The molecular weight excluding hydrogens is 563 g/mol. The minimum absolute atomic E-state index is 0.0742. The van der Waals surface area contributed by atoms with Crippen molar-refractivity contribution in [1.82, 2.24) is 15.6 Å². The van der Waals surface area contributed by atoms with E-state index < -0.39 is 23.0 Å². The summed E-state index contributed by atoms with van der Waals surface area (Å²) in [6, 6.07) is 11.7. The first-order valence-corrected chi connectivity index (χ1v) is 14.5. The van der Waals surface area contributed by atoms with Crippen LogP contribution in [0.1, 0.15) is 54.0 Å². The summed E-state index contributed by atoms with van der Waals surface area (Å²) in [5, 5.41) is 22.8. The summed E-state index contributed by atoms with van der Waals surface area (Å²) in [4.78, 5) is 12.7. The van der Waals surface area contributed by atoms with Crippen molar-refractivity contribution in [2.45, 2.75) is 57.7 Å². The van der Waals surface area contributed by atoms with Gasteiger partial charge < -0.3 is 24.2 Å². The highest BCUT2D eigenvalue weighted by atomic mass is 19.4. The van der Waals surface area contributed by atoms with Gasteiger partial charge in [0.1, 0.15) is 23.5 Å². The number of esters is 1. The third kappa shape index (κ3) is 5.36. The van der Waals surface area contributed by atoms with Crippen LogP contribution >= 0.6 is 0 Å². The maximum atomic E-state index is 14.3. The molecule has 0 spiro atoms. The fourth-order valence-corrected chi connectivity index (χ4v) is 6.11.